The van der Waals surface area contributed by atoms with Crippen LogP contribution in [0, 0.1) is 0 Å². The van der Waals surface area contributed by atoms with Crippen molar-refractivity contribution in [1.82, 2.24) is 16.0 Å². The highest BCUT2D eigenvalue weighted by atomic mass is 16.4. The van der Waals surface area contributed by atoms with Gasteiger partial charge in [-0.05, 0) is 12.0 Å². The Morgan fingerprint density at radius 2 is 1.45 bits per heavy atom. The van der Waals surface area contributed by atoms with Crippen molar-refractivity contribution in [3.8, 4) is 0 Å². The Hall–Kier alpha value is -4.00. The molecule has 3 atom stereocenters. The molecule has 33 heavy (non-hydrogen) atoms. The number of amides is 4. The van der Waals surface area contributed by atoms with Crippen LogP contribution in [0.2, 0.25) is 0 Å². The Labute approximate surface area is 188 Å². The number of carboxylic acid groups (broad SMARTS) is 2. The number of benzene rings is 1. The highest BCUT2D eigenvalue weighted by molar-refractivity contribution is 5.95. The standard InChI is InChI=1S/C20H27N5O8/c21-12(9-15(22)26)18(31)25-14(8-11-4-2-1-3-5-11)20(33)24-13(6-7-16(27)28)19(32)23-10-17(29)30/h1-5,12-14H,6-10,21H2,(H2,22,26)(H,23,32)(H,24,33)(H,25,31)(H,27,28)(H,29,30). The van der Waals surface area contributed by atoms with Gasteiger partial charge >= 0.3 is 11.9 Å². The van der Waals surface area contributed by atoms with Gasteiger partial charge < -0.3 is 37.6 Å². The third kappa shape index (κ3) is 10.7. The van der Waals surface area contributed by atoms with E-state index < -0.39 is 73.1 Å². The Bertz CT molecular complexity index is 876. The van der Waals surface area contributed by atoms with Crippen LogP contribution in [0.4, 0.5) is 0 Å². The molecule has 4 amide bonds. The van der Waals surface area contributed by atoms with Gasteiger partial charge in [0.25, 0.3) is 0 Å². The third-order valence-corrected chi connectivity index (χ3v) is 4.37. The Balaban J connectivity index is 3.03. The van der Waals surface area contributed by atoms with Crippen molar-refractivity contribution in [2.45, 2.75) is 43.8 Å². The second-order valence-electron chi connectivity index (χ2n) is 7.13. The number of carbonyl (C=O) groups excluding carboxylic acids is 4. The van der Waals surface area contributed by atoms with Gasteiger partial charge in [0.2, 0.25) is 23.6 Å². The van der Waals surface area contributed by atoms with Crippen molar-refractivity contribution in [1.29, 1.82) is 0 Å². The zero-order valence-corrected chi connectivity index (χ0v) is 17.7. The maximum atomic E-state index is 12.9. The van der Waals surface area contributed by atoms with E-state index in [1.807, 2.05) is 0 Å². The van der Waals surface area contributed by atoms with Crippen molar-refractivity contribution in [3.05, 3.63) is 35.9 Å². The summed E-state index contributed by atoms with van der Waals surface area (Å²) in [5.74, 6) is -5.94. The van der Waals surface area contributed by atoms with E-state index in [2.05, 4.69) is 16.0 Å². The lowest BCUT2D eigenvalue weighted by Crippen LogP contribution is -2.57. The average molecular weight is 465 g/mol. The number of hydrogen-bond donors (Lipinski definition) is 7. The number of carbonyl (C=O) groups is 6. The molecule has 13 heteroatoms. The molecule has 0 aromatic heterocycles. The molecule has 13 nitrogen and oxygen atoms in total. The Morgan fingerprint density at radius 1 is 0.848 bits per heavy atom. The highest BCUT2D eigenvalue weighted by Gasteiger charge is 2.29. The van der Waals surface area contributed by atoms with Crippen LogP contribution in [0.25, 0.3) is 0 Å². The zero-order valence-electron chi connectivity index (χ0n) is 17.7. The lowest BCUT2D eigenvalue weighted by atomic mass is 10.0. The summed E-state index contributed by atoms with van der Waals surface area (Å²) in [7, 11) is 0. The molecule has 0 saturated heterocycles. The van der Waals surface area contributed by atoms with Gasteiger partial charge in [0.15, 0.2) is 0 Å². The summed E-state index contributed by atoms with van der Waals surface area (Å²) in [6.07, 6.45) is -1.27. The van der Waals surface area contributed by atoms with Crippen molar-refractivity contribution >= 4 is 35.6 Å². The first-order valence-electron chi connectivity index (χ1n) is 9.89. The van der Waals surface area contributed by atoms with Crippen molar-refractivity contribution in [3.63, 3.8) is 0 Å². The number of carboxylic acids is 2. The van der Waals surface area contributed by atoms with Crippen LogP contribution in [0.15, 0.2) is 30.3 Å². The van der Waals surface area contributed by atoms with Crippen LogP contribution in [-0.2, 0) is 35.2 Å². The fraction of sp³-hybridized carbons (Fsp3) is 0.400. The molecular weight excluding hydrogens is 438 g/mol. The predicted molar refractivity (Wildman–Crippen MR) is 113 cm³/mol. The molecule has 0 bridgehead atoms. The molecule has 9 N–H and O–H groups in total. The highest BCUT2D eigenvalue weighted by Crippen LogP contribution is 2.06. The summed E-state index contributed by atoms with van der Waals surface area (Å²) in [5.41, 5.74) is 11.3. The Morgan fingerprint density at radius 3 is 2.00 bits per heavy atom. The maximum absolute atomic E-state index is 12.9. The van der Waals surface area contributed by atoms with Gasteiger partial charge in [-0.2, -0.15) is 0 Å². The van der Waals surface area contributed by atoms with E-state index in [9.17, 15) is 28.8 Å². The fourth-order valence-corrected chi connectivity index (χ4v) is 2.74. The van der Waals surface area contributed by atoms with Crippen LogP contribution in [-0.4, -0.2) is 70.5 Å². The van der Waals surface area contributed by atoms with Crippen LogP contribution in [0.1, 0.15) is 24.8 Å². The van der Waals surface area contributed by atoms with E-state index in [0.717, 1.165) is 0 Å². The second-order valence-corrected chi connectivity index (χ2v) is 7.13. The van der Waals surface area contributed by atoms with Crippen LogP contribution < -0.4 is 27.4 Å². The van der Waals surface area contributed by atoms with Gasteiger partial charge in [-0.15, -0.1) is 0 Å². The summed E-state index contributed by atoms with van der Waals surface area (Å²) in [6.45, 7) is -0.732. The Kier molecular flexibility index (Phi) is 11.0. The first kappa shape index (κ1) is 27.0. The van der Waals surface area contributed by atoms with Crippen molar-refractivity contribution in [2.24, 2.45) is 11.5 Å². The molecule has 0 fully saturated rings. The minimum Gasteiger partial charge on any atom is -0.481 e. The van der Waals surface area contributed by atoms with E-state index in [0.29, 0.717) is 5.56 Å². The topological polar surface area (TPSA) is 231 Å². The molecule has 0 aliphatic carbocycles. The minimum absolute atomic E-state index is 0.00982. The number of aliphatic carboxylic acids is 2. The third-order valence-electron chi connectivity index (χ3n) is 4.37. The van der Waals surface area contributed by atoms with Gasteiger partial charge in [0, 0.05) is 12.8 Å². The van der Waals surface area contributed by atoms with Crippen molar-refractivity contribution in [2.75, 3.05) is 6.54 Å². The minimum atomic E-state index is -1.37. The SMILES string of the molecule is NC(=O)CC(N)C(=O)NC(Cc1ccccc1)C(=O)NC(CCC(=O)O)C(=O)NCC(=O)O. The lowest BCUT2D eigenvalue weighted by Gasteiger charge is -2.24. The normalized spacial score (nSPS) is 13.1. The number of rotatable bonds is 14. The molecule has 1 aromatic carbocycles. The lowest BCUT2D eigenvalue weighted by molar-refractivity contribution is -0.140. The van der Waals surface area contributed by atoms with E-state index >= 15 is 0 Å². The van der Waals surface area contributed by atoms with E-state index in [-0.39, 0.29) is 12.8 Å². The maximum Gasteiger partial charge on any atom is 0.322 e. The summed E-state index contributed by atoms with van der Waals surface area (Å²) in [4.78, 5) is 70.2. The summed E-state index contributed by atoms with van der Waals surface area (Å²) in [6, 6.07) is 4.62. The fourth-order valence-electron chi connectivity index (χ4n) is 2.74. The quantitative estimate of drug-likeness (QED) is 0.153. The summed E-state index contributed by atoms with van der Waals surface area (Å²) in [5, 5.41) is 24.5. The number of nitrogens with one attached hydrogen (secondary N) is 3. The van der Waals surface area contributed by atoms with Gasteiger partial charge in [-0.3, -0.25) is 28.8 Å². The molecule has 3 unspecified atom stereocenters. The van der Waals surface area contributed by atoms with Crippen LogP contribution in [0.5, 0.6) is 0 Å². The van der Waals surface area contributed by atoms with Gasteiger partial charge in [-0.25, -0.2) is 0 Å². The molecule has 0 heterocycles. The van der Waals surface area contributed by atoms with E-state index in [4.69, 9.17) is 21.7 Å². The summed E-state index contributed by atoms with van der Waals surface area (Å²) < 4.78 is 0. The molecule has 0 radical (unpaired) electrons. The number of hydrogen-bond acceptors (Lipinski definition) is 7. The molecule has 1 rings (SSSR count). The van der Waals surface area contributed by atoms with Gasteiger partial charge in [0.05, 0.1) is 12.5 Å². The predicted octanol–water partition coefficient (Wildman–Crippen LogP) is -2.53. The van der Waals surface area contributed by atoms with Crippen LogP contribution in [0.3, 0.4) is 0 Å². The molecule has 0 aliphatic heterocycles. The number of primary amides is 1. The first-order valence-corrected chi connectivity index (χ1v) is 9.89. The molecule has 0 saturated carbocycles. The van der Waals surface area contributed by atoms with Gasteiger partial charge in [0.1, 0.15) is 18.6 Å². The number of nitrogens with two attached hydrogens (primary N) is 2. The van der Waals surface area contributed by atoms with E-state index in [1.54, 1.807) is 30.3 Å². The van der Waals surface area contributed by atoms with Crippen LogP contribution >= 0.6 is 0 Å². The molecule has 0 spiro atoms. The molecular formula is C20H27N5O8. The zero-order chi connectivity index (χ0) is 25.0. The molecule has 1 aromatic rings. The van der Waals surface area contributed by atoms with E-state index in [1.165, 1.54) is 0 Å². The molecule has 180 valence electrons. The summed E-state index contributed by atoms with van der Waals surface area (Å²) >= 11 is 0. The second kappa shape index (κ2) is 13.4. The van der Waals surface area contributed by atoms with Gasteiger partial charge in [-0.1, -0.05) is 30.3 Å². The smallest absolute Gasteiger partial charge is 0.322 e. The average Bonchev–Trinajstić information content (AvgIpc) is 2.74. The monoisotopic (exact) mass is 465 g/mol. The largest absolute Gasteiger partial charge is 0.481 e. The van der Waals surface area contributed by atoms with Crippen molar-refractivity contribution < 1.29 is 39.0 Å². The first-order chi connectivity index (χ1) is 15.5. The molecule has 0 aliphatic rings.